The van der Waals surface area contributed by atoms with E-state index in [1.54, 1.807) is 0 Å². The van der Waals surface area contributed by atoms with Crippen LogP contribution in [0.2, 0.25) is 0 Å². The second-order valence-electron chi connectivity index (χ2n) is 5.77. The maximum Gasteiger partial charge on any atom is 0.108 e. The van der Waals surface area contributed by atoms with E-state index >= 15 is 0 Å². The summed E-state index contributed by atoms with van der Waals surface area (Å²) in [6.07, 6.45) is 5.34. The molecule has 1 rings (SSSR count). The van der Waals surface area contributed by atoms with Gasteiger partial charge in [0.1, 0.15) is 6.04 Å². The first-order chi connectivity index (χ1) is 8.04. The van der Waals surface area contributed by atoms with E-state index in [1.165, 1.54) is 25.7 Å². The van der Waals surface area contributed by atoms with Crippen LogP contribution >= 0.6 is 0 Å². The highest BCUT2D eigenvalue weighted by Crippen LogP contribution is 2.27. The summed E-state index contributed by atoms with van der Waals surface area (Å²) in [6, 6.07) is 3.35. The van der Waals surface area contributed by atoms with Gasteiger partial charge in [-0.3, -0.25) is 5.32 Å². The summed E-state index contributed by atoms with van der Waals surface area (Å²) >= 11 is 0. The zero-order chi connectivity index (χ0) is 12.8. The molecule has 3 nitrogen and oxygen atoms in total. The Balaban J connectivity index is 2.46. The van der Waals surface area contributed by atoms with Gasteiger partial charge in [-0.2, -0.15) is 5.26 Å². The van der Waals surface area contributed by atoms with Crippen LogP contribution < -0.4 is 5.32 Å². The van der Waals surface area contributed by atoms with E-state index in [1.807, 2.05) is 0 Å². The molecular weight excluding hydrogens is 210 g/mol. The van der Waals surface area contributed by atoms with Crippen molar-refractivity contribution in [1.29, 1.82) is 5.26 Å². The van der Waals surface area contributed by atoms with Crippen LogP contribution in [0.15, 0.2) is 0 Å². The molecule has 3 unspecified atom stereocenters. The van der Waals surface area contributed by atoms with Crippen LogP contribution in [0.4, 0.5) is 0 Å². The second kappa shape index (κ2) is 6.98. The molecule has 0 bridgehead atoms. The van der Waals surface area contributed by atoms with Crippen LogP contribution in [0.3, 0.4) is 0 Å². The molecule has 98 valence electrons. The topological polar surface area (TPSA) is 39.1 Å². The average molecular weight is 237 g/mol. The van der Waals surface area contributed by atoms with Crippen molar-refractivity contribution in [2.75, 3.05) is 13.6 Å². The van der Waals surface area contributed by atoms with Crippen molar-refractivity contribution in [3.8, 4) is 6.07 Å². The van der Waals surface area contributed by atoms with Crippen molar-refractivity contribution in [1.82, 2.24) is 10.2 Å². The smallest absolute Gasteiger partial charge is 0.108 e. The summed E-state index contributed by atoms with van der Waals surface area (Å²) in [5.74, 6) is 0.771. The minimum Gasteiger partial charge on any atom is -0.301 e. The molecule has 17 heavy (non-hydrogen) atoms. The Morgan fingerprint density at radius 1 is 1.35 bits per heavy atom. The zero-order valence-corrected chi connectivity index (χ0v) is 11.7. The number of hydrogen-bond acceptors (Lipinski definition) is 3. The Hall–Kier alpha value is -0.590. The predicted molar refractivity (Wildman–Crippen MR) is 71.7 cm³/mol. The van der Waals surface area contributed by atoms with Crippen LogP contribution in [0, 0.1) is 17.2 Å². The molecule has 3 heteroatoms. The molecule has 0 aromatic carbocycles. The second-order valence-corrected chi connectivity index (χ2v) is 5.77. The normalized spacial score (nSPS) is 27.1. The van der Waals surface area contributed by atoms with Gasteiger partial charge in [-0.25, -0.2) is 0 Å². The largest absolute Gasteiger partial charge is 0.301 e. The lowest BCUT2D eigenvalue weighted by molar-refractivity contribution is 0.133. The third kappa shape index (κ3) is 4.65. The van der Waals surface area contributed by atoms with E-state index in [-0.39, 0.29) is 6.04 Å². The maximum atomic E-state index is 9.15. The van der Waals surface area contributed by atoms with E-state index in [4.69, 9.17) is 5.26 Å². The molecule has 0 radical (unpaired) electrons. The average Bonchev–Trinajstić information content (AvgIpc) is 2.27. The van der Waals surface area contributed by atoms with Crippen molar-refractivity contribution < 1.29 is 0 Å². The van der Waals surface area contributed by atoms with Gasteiger partial charge in [-0.1, -0.05) is 19.8 Å². The highest BCUT2D eigenvalue weighted by Gasteiger charge is 2.26. The minimum atomic E-state index is -0.0471. The Bertz CT molecular complexity index is 257. The molecule has 0 aromatic heterocycles. The molecule has 3 atom stereocenters. The van der Waals surface area contributed by atoms with Crippen molar-refractivity contribution >= 4 is 0 Å². The fraction of sp³-hybridized carbons (Fsp3) is 0.929. The number of rotatable bonds is 5. The third-order valence-corrected chi connectivity index (χ3v) is 3.79. The van der Waals surface area contributed by atoms with Crippen molar-refractivity contribution in [2.24, 2.45) is 5.92 Å². The van der Waals surface area contributed by atoms with Crippen LogP contribution in [0.25, 0.3) is 0 Å². The quantitative estimate of drug-likeness (QED) is 0.798. The molecule has 0 aliphatic heterocycles. The Morgan fingerprint density at radius 2 is 2.00 bits per heavy atom. The molecule has 1 N–H and O–H groups in total. The monoisotopic (exact) mass is 237 g/mol. The van der Waals surface area contributed by atoms with Crippen molar-refractivity contribution in [2.45, 2.75) is 64.6 Å². The van der Waals surface area contributed by atoms with Gasteiger partial charge in [0.15, 0.2) is 0 Å². The standard InChI is InChI=1S/C14H27N3/c1-11(2)16-13(9-15)10-17(4)14-8-6-5-7-12(14)3/h11-14,16H,5-8,10H2,1-4H3. The van der Waals surface area contributed by atoms with Gasteiger partial charge in [0.25, 0.3) is 0 Å². The van der Waals surface area contributed by atoms with Gasteiger partial charge >= 0.3 is 0 Å². The van der Waals surface area contributed by atoms with Gasteiger partial charge in [0.2, 0.25) is 0 Å². The van der Waals surface area contributed by atoms with Gasteiger partial charge in [-0.05, 0) is 39.7 Å². The molecule has 0 aromatic rings. The van der Waals surface area contributed by atoms with E-state index in [0.717, 1.165) is 12.5 Å². The van der Waals surface area contributed by atoms with E-state index < -0.39 is 0 Å². The molecule has 0 amide bonds. The summed E-state index contributed by atoms with van der Waals surface area (Å²) in [5.41, 5.74) is 0. The first-order valence-electron chi connectivity index (χ1n) is 6.90. The number of hydrogen-bond donors (Lipinski definition) is 1. The SMILES string of the molecule is CC(C)NC(C#N)CN(C)C1CCCCC1C. The number of nitrogens with one attached hydrogen (secondary N) is 1. The third-order valence-electron chi connectivity index (χ3n) is 3.79. The van der Waals surface area contributed by atoms with Crippen molar-refractivity contribution in [3.05, 3.63) is 0 Å². The molecule has 1 aliphatic carbocycles. The summed E-state index contributed by atoms with van der Waals surface area (Å²) in [5, 5.41) is 12.5. The summed E-state index contributed by atoms with van der Waals surface area (Å²) in [4.78, 5) is 2.38. The van der Waals surface area contributed by atoms with Crippen molar-refractivity contribution in [3.63, 3.8) is 0 Å². The van der Waals surface area contributed by atoms with Gasteiger partial charge in [0, 0.05) is 18.6 Å². The predicted octanol–water partition coefficient (Wildman–Crippen LogP) is 2.39. The van der Waals surface area contributed by atoms with Crippen LogP contribution in [-0.2, 0) is 0 Å². The lowest BCUT2D eigenvalue weighted by atomic mass is 9.85. The lowest BCUT2D eigenvalue weighted by Gasteiger charge is -2.37. The summed E-state index contributed by atoms with van der Waals surface area (Å²) < 4.78 is 0. The first-order valence-corrected chi connectivity index (χ1v) is 6.90. The Kier molecular flexibility index (Phi) is 5.94. The van der Waals surface area contributed by atoms with E-state index in [0.29, 0.717) is 12.1 Å². The molecular formula is C14H27N3. The Morgan fingerprint density at radius 3 is 2.53 bits per heavy atom. The number of likely N-dealkylation sites (N-methyl/N-ethyl adjacent to an activating group) is 1. The Labute approximate surface area is 106 Å². The molecule has 0 heterocycles. The fourth-order valence-corrected chi connectivity index (χ4v) is 2.91. The van der Waals surface area contributed by atoms with Crippen LogP contribution in [-0.4, -0.2) is 36.6 Å². The van der Waals surface area contributed by atoms with Gasteiger partial charge in [-0.15, -0.1) is 0 Å². The number of nitrogens with zero attached hydrogens (tertiary/aromatic N) is 2. The highest BCUT2D eigenvalue weighted by atomic mass is 15.2. The minimum absolute atomic E-state index is 0.0471. The van der Waals surface area contributed by atoms with Crippen LogP contribution in [0.1, 0.15) is 46.5 Å². The van der Waals surface area contributed by atoms with Crippen LogP contribution in [0.5, 0.6) is 0 Å². The highest BCUT2D eigenvalue weighted by molar-refractivity contribution is 4.94. The molecule has 1 saturated carbocycles. The lowest BCUT2D eigenvalue weighted by Crippen LogP contribution is -2.47. The fourth-order valence-electron chi connectivity index (χ4n) is 2.91. The summed E-state index contributed by atoms with van der Waals surface area (Å²) in [7, 11) is 2.17. The number of nitriles is 1. The van der Waals surface area contributed by atoms with E-state index in [9.17, 15) is 0 Å². The molecule has 0 spiro atoms. The van der Waals surface area contributed by atoms with E-state index in [2.05, 4.69) is 44.1 Å². The maximum absolute atomic E-state index is 9.15. The summed E-state index contributed by atoms with van der Waals surface area (Å²) in [6.45, 7) is 7.36. The zero-order valence-electron chi connectivity index (χ0n) is 11.7. The molecule has 1 aliphatic rings. The van der Waals surface area contributed by atoms with Gasteiger partial charge in [0.05, 0.1) is 6.07 Å². The first kappa shape index (κ1) is 14.5. The molecule has 1 fully saturated rings. The van der Waals surface area contributed by atoms with Gasteiger partial charge < -0.3 is 4.90 Å². The molecule has 0 saturated heterocycles.